The first-order chi connectivity index (χ1) is 8.79. The highest BCUT2D eigenvalue weighted by Crippen LogP contribution is 2.21. The number of benzene rings is 1. The Kier molecular flexibility index (Phi) is 5.14. The Morgan fingerprint density at radius 3 is 2.50 bits per heavy atom. The Bertz CT molecular complexity index is 522. The molecular weight excluding hydrogens is 258 g/mol. The van der Waals surface area contributed by atoms with Crippen LogP contribution in [0, 0.1) is 3.95 Å². The van der Waals surface area contributed by atoms with Gasteiger partial charge in [-0.1, -0.05) is 50.5 Å². The highest BCUT2D eigenvalue weighted by molar-refractivity contribution is 7.73. The topological polar surface area (TPSA) is 15.8 Å². The first-order valence-electron chi connectivity index (χ1n) is 6.56. The summed E-state index contributed by atoms with van der Waals surface area (Å²) in [5.74, 6) is 0. The molecule has 0 saturated heterocycles. The Hall–Kier alpha value is -0.930. The minimum atomic E-state index is 0.841. The predicted molar refractivity (Wildman–Crippen MR) is 82.8 cm³/mol. The largest absolute Gasteiger partial charge is 0.337 e. The van der Waals surface area contributed by atoms with Crippen LogP contribution in [0.3, 0.4) is 0 Å². The third kappa shape index (κ3) is 3.79. The number of rotatable bonds is 6. The molecule has 0 aliphatic carbocycles. The summed E-state index contributed by atoms with van der Waals surface area (Å²) in [6.07, 6.45) is 6.49. The molecule has 1 aromatic carbocycles. The summed E-state index contributed by atoms with van der Waals surface area (Å²) < 4.78 is 0.841. The van der Waals surface area contributed by atoms with Gasteiger partial charge in [0.15, 0.2) is 3.95 Å². The minimum absolute atomic E-state index is 0.841. The first kappa shape index (κ1) is 13.5. The van der Waals surface area contributed by atoms with Gasteiger partial charge < -0.3 is 4.98 Å². The second-order valence-electron chi connectivity index (χ2n) is 4.57. The average molecular weight is 277 g/mol. The first-order valence-corrected chi connectivity index (χ1v) is 7.85. The second kappa shape index (κ2) is 6.86. The van der Waals surface area contributed by atoms with Crippen LogP contribution in [0.15, 0.2) is 29.6 Å². The van der Waals surface area contributed by atoms with Crippen molar-refractivity contribution in [2.75, 3.05) is 0 Å². The van der Waals surface area contributed by atoms with Crippen molar-refractivity contribution in [3.63, 3.8) is 0 Å². The summed E-state index contributed by atoms with van der Waals surface area (Å²) in [6, 6.07) is 8.83. The maximum absolute atomic E-state index is 5.10. The highest BCUT2D eigenvalue weighted by Gasteiger charge is 1.99. The molecule has 1 heterocycles. The van der Waals surface area contributed by atoms with Crippen LogP contribution in [0.1, 0.15) is 38.2 Å². The van der Waals surface area contributed by atoms with Gasteiger partial charge in [-0.15, -0.1) is 11.3 Å². The normalized spacial score (nSPS) is 10.7. The number of nitrogens with one attached hydrogen (secondary N) is 1. The van der Waals surface area contributed by atoms with Crippen molar-refractivity contribution in [1.29, 1.82) is 0 Å². The van der Waals surface area contributed by atoms with Crippen LogP contribution in [0.25, 0.3) is 11.3 Å². The third-order valence-electron chi connectivity index (χ3n) is 3.10. The Balaban J connectivity index is 1.95. The van der Waals surface area contributed by atoms with Crippen LogP contribution in [-0.4, -0.2) is 4.98 Å². The van der Waals surface area contributed by atoms with Gasteiger partial charge in [-0.2, -0.15) is 0 Å². The molecule has 0 bridgehead atoms. The zero-order chi connectivity index (χ0) is 12.8. The fraction of sp³-hybridized carbons (Fsp3) is 0.400. The Morgan fingerprint density at radius 2 is 1.89 bits per heavy atom. The van der Waals surface area contributed by atoms with Crippen molar-refractivity contribution in [2.24, 2.45) is 0 Å². The third-order valence-corrected chi connectivity index (χ3v) is 4.16. The molecule has 2 rings (SSSR count). The zero-order valence-electron chi connectivity index (χ0n) is 10.7. The lowest BCUT2D eigenvalue weighted by Crippen LogP contribution is -1.86. The number of aromatic amines is 1. The smallest absolute Gasteiger partial charge is 0.158 e. The number of hydrogen-bond donors (Lipinski definition) is 1. The molecule has 0 aliphatic rings. The summed E-state index contributed by atoms with van der Waals surface area (Å²) in [5.41, 5.74) is 3.78. The van der Waals surface area contributed by atoms with Gasteiger partial charge in [0.1, 0.15) is 0 Å². The van der Waals surface area contributed by atoms with Gasteiger partial charge >= 0.3 is 0 Å². The molecule has 0 saturated carbocycles. The molecule has 18 heavy (non-hydrogen) atoms. The molecule has 0 spiro atoms. The molecule has 1 N–H and O–H groups in total. The highest BCUT2D eigenvalue weighted by atomic mass is 32.1. The predicted octanol–water partition coefficient (Wildman–Crippen LogP) is 5.60. The molecule has 0 atom stereocenters. The minimum Gasteiger partial charge on any atom is -0.337 e. The van der Waals surface area contributed by atoms with Crippen LogP contribution in [0.5, 0.6) is 0 Å². The summed E-state index contributed by atoms with van der Waals surface area (Å²) >= 11 is 6.69. The van der Waals surface area contributed by atoms with Crippen molar-refractivity contribution >= 4 is 23.6 Å². The van der Waals surface area contributed by atoms with Crippen molar-refractivity contribution in [3.8, 4) is 11.3 Å². The molecule has 96 valence electrons. The molecule has 0 unspecified atom stereocenters. The van der Waals surface area contributed by atoms with E-state index in [0.29, 0.717) is 0 Å². The van der Waals surface area contributed by atoms with E-state index in [0.717, 1.165) is 9.65 Å². The number of hydrogen-bond acceptors (Lipinski definition) is 2. The molecule has 0 amide bonds. The van der Waals surface area contributed by atoms with Crippen LogP contribution < -0.4 is 0 Å². The maximum Gasteiger partial charge on any atom is 0.158 e. The van der Waals surface area contributed by atoms with Gasteiger partial charge in [0, 0.05) is 5.38 Å². The lowest BCUT2D eigenvalue weighted by Gasteiger charge is -2.03. The fourth-order valence-corrected chi connectivity index (χ4v) is 2.87. The summed E-state index contributed by atoms with van der Waals surface area (Å²) in [5, 5.41) is 2.08. The quantitative estimate of drug-likeness (QED) is 0.537. The molecule has 2 aromatic rings. The van der Waals surface area contributed by atoms with E-state index in [1.807, 2.05) is 0 Å². The van der Waals surface area contributed by atoms with Gasteiger partial charge in [-0.05, 0) is 36.2 Å². The Labute approximate surface area is 118 Å². The number of aryl methyl sites for hydroxylation is 1. The van der Waals surface area contributed by atoms with Crippen molar-refractivity contribution < 1.29 is 0 Å². The van der Waals surface area contributed by atoms with E-state index < -0.39 is 0 Å². The molecule has 0 fully saturated rings. The van der Waals surface area contributed by atoms with Crippen molar-refractivity contribution in [3.05, 3.63) is 39.2 Å². The van der Waals surface area contributed by atoms with Gasteiger partial charge in [-0.3, -0.25) is 0 Å². The fourth-order valence-electron chi connectivity index (χ4n) is 2.03. The second-order valence-corrected chi connectivity index (χ2v) is 6.12. The van der Waals surface area contributed by atoms with E-state index in [2.05, 4.69) is 41.6 Å². The van der Waals surface area contributed by atoms with Gasteiger partial charge in [0.2, 0.25) is 0 Å². The lowest BCUT2D eigenvalue weighted by molar-refractivity contribution is 0.667. The molecule has 3 heteroatoms. The Morgan fingerprint density at radius 1 is 1.11 bits per heavy atom. The van der Waals surface area contributed by atoms with E-state index in [9.17, 15) is 0 Å². The van der Waals surface area contributed by atoms with Crippen molar-refractivity contribution in [1.82, 2.24) is 4.98 Å². The lowest BCUT2D eigenvalue weighted by atomic mass is 10.0. The molecule has 0 aliphatic heterocycles. The number of unbranched alkanes of at least 4 members (excludes halogenated alkanes) is 3. The van der Waals surface area contributed by atoms with Crippen LogP contribution in [0.2, 0.25) is 0 Å². The molecule has 0 radical (unpaired) electrons. The van der Waals surface area contributed by atoms with E-state index in [1.54, 1.807) is 11.3 Å². The van der Waals surface area contributed by atoms with E-state index in [4.69, 9.17) is 12.2 Å². The van der Waals surface area contributed by atoms with E-state index in [-0.39, 0.29) is 0 Å². The number of H-pyrrole nitrogens is 1. The standard InChI is InChI=1S/C15H19NS2/c1-2-3-4-5-6-12-7-9-13(10-8-12)14-11-18-15(17)16-14/h7-11H,2-6H2,1H3,(H,16,17). The number of aromatic nitrogens is 1. The average Bonchev–Trinajstić information content (AvgIpc) is 2.82. The SMILES string of the molecule is CCCCCCc1ccc(-c2csc(=S)[nH]2)cc1. The summed E-state index contributed by atoms with van der Waals surface area (Å²) in [6.45, 7) is 2.25. The van der Waals surface area contributed by atoms with Gasteiger partial charge in [-0.25, -0.2) is 0 Å². The summed E-state index contributed by atoms with van der Waals surface area (Å²) in [4.78, 5) is 3.21. The van der Waals surface area contributed by atoms with Crippen LogP contribution in [-0.2, 0) is 6.42 Å². The molecule has 1 nitrogen and oxygen atoms in total. The van der Waals surface area contributed by atoms with Crippen LogP contribution >= 0.6 is 23.6 Å². The van der Waals surface area contributed by atoms with Crippen LogP contribution in [0.4, 0.5) is 0 Å². The molecular formula is C15H19NS2. The van der Waals surface area contributed by atoms with Crippen molar-refractivity contribution in [2.45, 2.75) is 39.0 Å². The summed E-state index contributed by atoms with van der Waals surface area (Å²) in [7, 11) is 0. The van der Waals surface area contributed by atoms with E-state index in [1.165, 1.54) is 43.2 Å². The monoisotopic (exact) mass is 277 g/mol. The van der Waals surface area contributed by atoms with Gasteiger partial charge in [0.25, 0.3) is 0 Å². The zero-order valence-corrected chi connectivity index (χ0v) is 12.4. The van der Waals surface area contributed by atoms with Gasteiger partial charge in [0.05, 0.1) is 5.69 Å². The van der Waals surface area contributed by atoms with E-state index >= 15 is 0 Å². The number of thiazole rings is 1. The molecule has 1 aromatic heterocycles. The maximum atomic E-state index is 5.10.